The van der Waals surface area contributed by atoms with Crippen LogP contribution in [0.15, 0.2) is 36.9 Å². The van der Waals surface area contributed by atoms with Crippen LogP contribution >= 0.6 is 0 Å². The molecule has 0 N–H and O–H groups in total. The van der Waals surface area contributed by atoms with Crippen molar-refractivity contribution in [1.82, 2.24) is 30.0 Å². The van der Waals surface area contributed by atoms with Crippen molar-refractivity contribution in [3.05, 3.63) is 59.3 Å². The summed E-state index contributed by atoms with van der Waals surface area (Å²) in [6.45, 7) is -0.547. The zero-order chi connectivity index (χ0) is 23.7. The van der Waals surface area contributed by atoms with Gasteiger partial charge in [0.05, 0.1) is 24.8 Å². The van der Waals surface area contributed by atoms with E-state index in [9.17, 15) is 31.1 Å². The summed E-state index contributed by atoms with van der Waals surface area (Å²) in [5.74, 6) is -0.752. The lowest BCUT2D eigenvalue weighted by molar-refractivity contribution is -0.143. The number of aromatic nitrogens is 5. The second-order valence-corrected chi connectivity index (χ2v) is 6.47. The monoisotopic (exact) mass is 460 g/mol. The van der Waals surface area contributed by atoms with Gasteiger partial charge in [-0.3, -0.25) is 9.63 Å². The molecule has 0 fully saturated rings. The second kappa shape index (κ2) is 8.53. The van der Waals surface area contributed by atoms with Gasteiger partial charge in [-0.1, -0.05) is 5.21 Å². The molecule has 0 atom stereocenters. The summed E-state index contributed by atoms with van der Waals surface area (Å²) >= 11 is 0. The lowest BCUT2D eigenvalue weighted by Gasteiger charge is -2.15. The van der Waals surface area contributed by atoms with Crippen molar-refractivity contribution in [2.24, 2.45) is 0 Å². The standard InChI is InChI=1S/C18H14F6N6O2/c1-29(32-2)16(31)14-15(11-6-25-9-26-7-11)30(28-27-14)8-10-3-12(17(19,20)21)5-13(4-10)18(22,23)24/h3-7,9H,8H2,1-2H3. The minimum absolute atomic E-state index is 0.00882. The maximum atomic E-state index is 13.2. The Hall–Kier alpha value is -3.55. The van der Waals surface area contributed by atoms with Gasteiger partial charge in [-0.15, -0.1) is 5.10 Å². The SMILES string of the molecule is CON(C)C(=O)c1nnn(Cc2cc(C(F)(F)F)cc(C(F)(F)F)c2)c1-c1cncnc1. The summed E-state index contributed by atoms with van der Waals surface area (Å²) in [5.41, 5.74) is -3.34. The van der Waals surface area contributed by atoms with Crippen molar-refractivity contribution in [1.29, 1.82) is 0 Å². The number of alkyl halides is 6. The molecule has 0 spiro atoms. The van der Waals surface area contributed by atoms with E-state index >= 15 is 0 Å². The number of carbonyl (C=O) groups is 1. The number of hydroxylamine groups is 2. The third-order valence-electron chi connectivity index (χ3n) is 4.31. The second-order valence-electron chi connectivity index (χ2n) is 6.47. The zero-order valence-electron chi connectivity index (χ0n) is 16.4. The van der Waals surface area contributed by atoms with E-state index in [0.717, 1.165) is 9.75 Å². The van der Waals surface area contributed by atoms with Gasteiger partial charge in [-0.2, -0.15) is 26.3 Å². The minimum Gasteiger partial charge on any atom is -0.274 e. The summed E-state index contributed by atoms with van der Waals surface area (Å²) in [7, 11) is 2.50. The molecule has 0 aliphatic rings. The molecule has 0 bridgehead atoms. The van der Waals surface area contributed by atoms with Crippen LogP contribution in [0.25, 0.3) is 11.3 Å². The molecule has 170 valence electrons. The Morgan fingerprint density at radius 1 is 1.03 bits per heavy atom. The van der Waals surface area contributed by atoms with Crippen LogP contribution in [0.1, 0.15) is 27.2 Å². The van der Waals surface area contributed by atoms with E-state index in [1.54, 1.807) is 0 Å². The fraction of sp³-hybridized carbons (Fsp3) is 0.278. The van der Waals surface area contributed by atoms with E-state index in [2.05, 4.69) is 20.3 Å². The smallest absolute Gasteiger partial charge is 0.274 e. The van der Waals surface area contributed by atoms with Crippen LogP contribution in [0, 0.1) is 0 Å². The van der Waals surface area contributed by atoms with Crippen LogP contribution in [-0.4, -0.2) is 50.1 Å². The quantitative estimate of drug-likeness (QED) is 0.428. The fourth-order valence-electron chi connectivity index (χ4n) is 2.79. The molecule has 3 rings (SSSR count). The van der Waals surface area contributed by atoms with Crippen LogP contribution in [0.2, 0.25) is 0 Å². The average molecular weight is 460 g/mol. The van der Waals surface area contributed by atoms with Crippen LogP contribution in [-0.2, 0) is 23.7 Å². The molecule has 2 aromatic heterocycles. The van der Waals surface area contributed by atoms with E-state index in [1.165, 1.54) is 32.9 Å². The molecular weight excluding hydrogens is 446 g/mol. The topological polar surface area (TPSA) is 86.0 Å². The number of benzene rings is 1. The van der Waals surface area contributed by atoms with Gasteiger partial charge in [-0.25, -0.2) is 19.7 Å². The molecule has 3 aromatic rings. The number of hydrogen-bond acceptors (Lipinski definition) is 6. The van der Waals surface area contributed by atoms with Crippen molar-refractivity contribution < 1.29 is 36.0 Å². The van der Waals surface area contributed by atoms with Gasteiger partial charge >= 0.3 is 12.4 Å². The highest BCUT2D eigenvalue weighted by atomic mass is 19.4. The zero-order valence-corrected chi connectivity index (χ0v) is 16.4. The number of hydrogen-bond donors (Lipinski definition) is 0. The van der Waals surface area contributed by atoms with Crippen molar-refractivity contribution in [3.8, 4) is 11.3 Å². The first-order chi connectivity index (χ1) is 14.9. The summed E-state index contributed by atoms with van der Waals surface area (Å²) < 4.78 is 80.0. The first-order valence-electron chi connectivity index (χ1n) is 8.71. The van der Waals surface area contributed by atoms with Gasteiger partial charge in [0.1, 0.15) is 12.0 Å². The number of rotatable bonds is 5. The van der Waals surface area contributed by atoms with Gasteiger partial charge < -0.3 is 0 Å². The highest BCUT2D eigenvalue weighted by molar-refractivity contribution is 5.97. The normalized spacial score (nSPS) is 12.1. The Labute approximate surface area is 176 Å². The molecule has 1 aromatic carbocycles. The van der Waals surface area contributed by atoms with E-state index in [1.807, 2.05) is 0 Å². The molecule has 2 heterocycles. The number of amides is 1. The summed E-state index contributed by atoms with van der Waals surface area (Å²) in [5, 5.41) is 8.32. The van der Waals surface area contributed by atoms with E-state index < -0.39 is 35.9 Å². The van der Waals surface area contributed by atoms with Crippen LogP contribution < -0.4 is 0 Å². The molecule has 0 radical (unpaired) electrons. The highest BCUT2D eigenvalue weighted by Gasteiger charge is 2.37. The summed E-state index contributed by atoms with van der Waals surface area (Å²) in [6, 6.07) is 1.18. The molecule has 0 aliphatic carbocycles. The molecule has 14 heteroatoms. The largest absolute Gasteiger partial charge is 0.416 e. The van der Waals surface area contributed by atoms with Gasteiger partial charge in [-0.05, 0) is 23.8 Å². The van der Waals surface area contributed by atoms with Crippen molar-refractivity contribution >= 4 is 5.91 Å². The van der Waals surface area contributed by atoms with Crippen LogP contribution in [0.5, 0.6) is 0 Å². The minimum atomic E-state index is -5.00. The molecular formula is C18H14F6N6O2. The Bertz CT molecular complexity index is 1080. The number of halogens is 6. The molecule has 32 heavy (non-hydrogen) atoms. The maximum Gasteiger partial charge on any atom is 0.416 e. The number of nitrogens with zero attached hydrogens (tertiary/aromatic N) is 6. The van der Waals surface area contributed by atoms with E-state index in [-0.39, 0.29) is 28.6 Å². The Morgan fingerprint density at radius 3 is 2.09 bits per heavy atom. The predicted molar refractivity (Wildman–Crippen MR) is 95.7 cm³/mol. The molecule has 1 amide bonds. The maximum absolute atomic E-state index is 13.2. The lowest BCUT2D eigenvalue weighted by atomic mass is 10.0. The third-order valence-corrected chi connectivity index (χ3v) is 4.31. The van der Waals surface area contributed by atoms with Gasteiger partial charge in [0.25, 0.3) is 5.91 Å². The van der Waals surface area contributed by atoms with Crippen LogP contribution in [0.4, 0.5) is 26.3 Å². The Kier molecular flexibility index (Phi) is 6.16. The van der Waals surface area contributed by atoms with Crippen LogP contribution in [0.3, 0.4) is 0 Å². The van der Waals surface area contributed by atoms with Crippen molar-refractivity contribution in [3.63, 3.8) is 0 Å². The first-order valence-corrected chi connectivity index (χ1v) is 8.71. The first kappa shape index (κ1) is 23.1. The average Bonchev–Trinajstić information content (AvgIpc) is 3.15. The lowest BCUT2D eigenvalue weighted by Crippen LogP contribution is -2.26. The van der Waals surface area contributed by atoms with Gasteiger partial charge in [0.2, 0.25) is 0 Å². The molecule has 0 unspecified atom stereocenters. The fourth-order valence-corrected chi connectivity index (χ4v) is 2.79. The van der Waals surface area contributed by atoms with E-state index in [4.69, 9.17) is 4.84 Å². The van der Waals surface area contributed by atoms with Gasteiger partial charge in [0, 0.05) is 25.0 Å². The van der Waals surface area contributed by atoms with Crippen molar-refractivity contribution in [2.75, 3.05) is 14.2 Å². The Balaban J connectivity index is 2.14. The molecule has 0 saturated carbocycles. The predicted octanol–water partition coefficient (Wildman–Crippen LogP) is 3.45. The number of carbonyl (C=O) groups excluding carboxylic acids is 1. The highest BCUT2D eigenvalue weighted by Crippen LogP contribution is 2.36. The van der Waals surface area contributed by atoms with E-state index in [0.29, 0.717) is 12.1 Å². The molecule has 8 nitrogen and oxygen atoms in total. The Morgan fingerprint density at radius 2 is 1.59 bits per heavy atom. The van der Waals surface area contributed by atoms with Gasteiger partial charge in [0.15, 0.2) is 5.69 Å². The molecule has 0 saturated heterocycles. The summed E-state index contributed by atoms with van der Waals surface area (Å²) in [4.78, 5) is 25.0. The third kappa shape index (κ3) is 4.85. The summed E-state index contributed by atoms with van der Waals surface area (Å²) in [6.07, 6.45) is -6.23. The molecule has 0 aliphatic heterocycles. The van der Waals surface area contributed by atoms with Crippen molar-refractivity contribution in [2.45, 2.75) is 18.9 Å².